The summed E-state index contributed by atoms with van der Waals surface area (Å²) in [4.78, 5) is 25.7. The zero-order valence-corrected chi connectivity index (χ0v) is 10.3. The van der Waals surface area contributed by atoms with Crippen LogP contribution in [0.3, 0.4) is 0 Å². The van der Waals surface area contributed by atoms with Gasteiger partial charge in [0.25, 0.3) is 0 Å². The SMILES string of the molecule is O=C1CN(CC(=O)NCc2cccs2)CCN1. The van der Waals surface area contributed by atoms with E-state index in [4.69, 9.17) is 0 Å². The summed E-state index contributed by atoms with van der Waals surface area (Å²) in [5, 5.41) is 7.56. The molecule has 1 aromatic rings. The Morgan fingerprint density at radius 2 is 2.47 bits per heavy atom. The third-order valence-corrected chi connectivity index (χ3v) is 3.40. The number of rotatable bonds is 4. The fourth-order valence-corrected chi connectivity index (χ4v) is 2.33. The number of nitrogens with one attached hydrogen (secondary N) is 2. The number of carbonyl (C=O) groups is 2. The summed E-state index contributed by atoms with van der Waals surface area (Å²) in [7, 11) is 0. The van der Waals surface area contributed by atoms with Crippen LogP contribution < -0.4 is 10.6 Å². The summed E-state index contributed by atoms with van der Waals surface area (Å²) >= 11 is 1.62. The average molecular weight is 253 g/mol. The maximum Gasteiger partial charge on any atom is 0.234 e. The molecular weight excluding hydrogens is 238 g/mol. The fraction of sp³-hybridized carbons (Fsp3) is 0.455. The Balaban J connectivity index is 1.71. The molecule has 0 saturated carbocycles. The minimum atomic E-state index is -0.0342. The third kappa shape index (κ3) is 3.83. The van der Waals surface area contributed by atoms with Crippen molar-refractivity contribution in [1.82, 2.24) is 15.5 Å². The lowest BCUT2D eigenvalue weighted by atomic mass is 10.3. The Bertz CT molecular complexity index is 391. The molecule has 1 fully saturated rings. The molecule has 1 saturated heterocycles. The average Bonchev–Trinajstić information content (AvgIpc) is 2.79. The molecule has 17 heavy (non-hydrogen) atoms. The van der Waals surface area contributed by atoms with E-state index in [2.05, 4.69) is 10.6 Å². The van der Waals surface area contributed by atoms with Crippen LogP contribution in [-0.2, 0) is 16.1 Å². The molecule has 6 heteroatoms. The number of piperazine rings is 1. The summed E-state index contributed by atoms with van der Waals surface area (Å²) in [6.07, 6.45) is 0. The molecule has 92 valence electrons. The molecule has 0 unspecified atom stereocenters. The third-order valence-electron chi connectivity index (χ3n) is 2.52. The monoisotopic (exact) mass is 253 g/mol. The highest BCUT2D eigenvalue weighted by Gasteiger charge is 2.18. The van der Waals surface area contributed by atoms with Crippen molar-refractivity contribution in [2.45, 2.75) is 6.54 Å². The van der Waals surface area contributed by atoms with Crippen molar-refractivity contribution < 1.29 is 9.59 Å². The molecule has 2 N–H and O–H groups in total. The highest BCUT2D eigenvalue weighted by molar-refractivity contribution is 7.09. The molecule has 0 aromatic carbocycles. The van der Waals surface area contributed by atoms with E-state index in [9.17, 15) is 9.59 Å². The topological polar surface area (TPSA) is 61.4 Å². The second kappa shape index (κ2) is 5.79. The van der Waals surface area contributed by atoms with E-state index in [1.54, 1.807) is 11.3 Å². The Hall–Kier alpha value is -1.40. The van der Waals surface area contributed by atoms with Crippen molar-refractivity contribution in [2.24, 2.45) is 0 Å². The molecular formula is C11H15N3O2S. The Labute approximate surface area is 104 Å². The predicted octanol–water partition coefficient (Wildman–Crippen LogP) is -0.204. The molecule has 2 heterocycles. The molecule has 1 aromatic heterocycles. The zero-order chi connectivity index (χ0) is 12.1. The van der Waals surface area contributed by atoms with Crippen LogP contribution >= 0.6 is 11.3 Å². The van der Waals surface area contributed by atoms with Crippen molar-refractivity contribution in [2.75, 3.05) is 26.2 Å². The Morgan fingerprint density at radius 3 is 3.18 bits per heavy atom. The van der Waals surface area contributed by atoms with Gasteiger partial charge in [-0.15, -0.1) is 11.3 Å². The fourth-order valence-electron chi connectivity index (χ4n) is 1.68. The van der Waals surface area contributed by atoms with E-state index in [1.165, 1.54) is 0 Å². The molecule has 2 rings (SSSR count). The first-order valence-corrected chi connectivity index (χ1v) is 6.40. The molecule has 5 nitrogen and oxygen atoms in total. The first-order valence-electron chi connectivity index (χ1n) is 5.52. The summed E-state index contributed by atoms with van der Waals surface area (Å²) in [5.74, 6) is -0.0459. The van der Waals surface area contributed by atoms with Crippen molar-refractivity contribution in [3.8, 4) is 0 Å². The van der Waals surface area contributed by atoms with Gasteiger partial charge >= 0.3 is 0 Å². The van der Waals surface area contributed by atoms with Gasteiger partial charge in [-0.1, -0.05) is 6.07 Å². The van der Waals surface area contributed by atoms with Crippen LogP contribution in [0.25, 0.3) is 0 Å². The van der Waals surface area contributed by atoms with Crippen LogP contribution in [0, 0.1) is 0 Å². The lowest BCUT2D eigenvalue weighted by molar-refractivity contribution is -0.127. The van der Waals surface area contributed by atoms with Crippen LogP contribution in [0.4, 0.5) is 0 Å². The molecule has 1 aliphatic heterocycles. The number of hydrogen-bond acceptors (Lipinski definition) is 4. The predicted molar refractivity (Wildman–Crippen MR) is 65.6 cm³/mol. The van der Waals surface area contributed by atoms with Gasteiger partial charge in [-0.3, -0.25) is 14.5 Å². The smallest absolute Gasteiger partial charge is 0.234 e. The van der Waals surface area contributed by atoms with Gasteiger partial charge < -0.3 is 10.6 Å². The minimum absolute atomic E-state index is 0.0118. The van der Waals surface area contributed by atoms with Crippen LogP contribution in [0.2, 0.25) is 0 Å². The number of amides is 2. The molecule has 0 radical (unpaired) electrons. The van der Waals surface area contributed by atoms with Gasteiger partial charge in [0.2, 0.25) is 11.8 Å². The lowest BCUT2D eigenvalue weighted by Gasteiger charge is -2.25. The summed E-state index contributed by atoms with van der Waals surface area (Å²) < 4.78 is 0. The first kappa shape index (κ1) is 12.1. The maximum absolute atomic E-state index is 11.6. The van der Waals surface area contributed by atoms with E-state index >= 15 is 0 Å². The van der Waals surface area contributed by atoms with E-state index in [0.717, 1.165) is 11.4 Å². The van der Waals surface area contributed by atoms with E-state index in [-0.39, 0.29) is 11.8 Å². The minimum Gasteiger partial charge on any atom is -0.354 e. The van der Waals surface area contributed by atoms with Crippen LogP contribution in [0.15, 0.2) is 17.5 Å². The number of carbonyl (C=O) groups excluding carboxylic acids is 2. The normalized spacial score (nSPS) is 16.6. The van der Waals surface area contributed by atoms with Crippen molar-refractivity contribution in [3.63, 3.8) is 0 Å². The van der Waals surface area contributed by atoms with Crippen molar-refractivity contribution in [1.29, 1.82) is 0 Å². The largest absolute Gasteiger partial charge is 0.354 e. The van der Waals surface area contributed by atoms with E-state index < -0.39 is 0 Å². The highest BCUT2D eigenvalue weighted by atomic mass is 32.1. The van der Waals surface area contributed by atoms with Crippen LogP contribution in [-0.4, -0.2) is 42.9 Å². The number of hydrogen-bond donors (Lipinski definition) is 2. The van der Waals surface area contributed by atoms with Gasteiger partial charge in [0.1, 0.15) is 0 Å². The Morgan fingerprint density at radius 1 is 1.59 bits per heavy atom. The molecule has 0 bridgehead atoms. The maximum atomic E-state index is 11.6. The van der Waals surface area contributed by atoms with Gasteiger partial charge in [0.15, 0.2) is 0 Å². The van der Waals surface area contributed by atoms with Gasteiger partial charge in [0, 0.05) is 18.0 Å². The molecule has 0 aliphatic carbocycles. The van der Waals surface area contributed by atoms with Crippen molar-refractivity contribution >= 4 is 23.2 Å². The lowest BCUT2D eigenvalue weighted by Crippen LogP contribution is -2.50. The van der Waals surface area contributed by atoms with Gasteiger partial charge in [-0.05, 0) is 11.4 Å². The first-order chi connectivity index (χ1) is 8.24. The zero-order valence-electron chi connectivity index (χ0n) is 9.44. The second-order valence-corrected chi connectivity index (χ2v) is 4.95. The standard InChI is InChI=1S/C11H15N3O2S/c15-10-7-14(4-3-12-10)8-11(16)13-6-9-2-1-5-17-9/h1-2,5H,3-4,6-8H2,(H,12,15)(H,13,16). The molecule has 2 amide bonds. The van der Waals surface area contributed by atoms with E-state index in [0.29, 0.717) is 26.2 Å². The summed E-state index contributed by atoms with van der Waals surface area (Å²) in [6.45, 7) is 2.52. The van der Waals surface area contributed by atoms with Gasteiger partial charge in [0.05, 0.1) is 19.6 Å². The van der Waals surface area contributed by atoms with Crippen molar-refractivity contribution in [3.05, 3.63) is 22.4 Å². The number of nitrogens with zero attached hydrogens (tertiary/aromatic N) is 1. The highest BCUT2D eigenvalue weighted by Crippen LogP contribution is 2.07. The van der Waals surface area contributed by atoms with Gasteiger partial charge in [-0.2, -0.15) is 0 Å². The second-order valence-electron chi connectivity index (χ2n) is 3.92. The molecule has 0 atom stereocenters. The van der Waals surface area contributed by atoms with Crippen LogP contribution in [0.1, 0.15) is 4.88 Å². The van der Waals surface area contributed by atoms with Crippen LogP contribution in [0.5, 0.6) is 0 Å². The Kier molecular flexibility index (Phi) is 4.11. The molecule has 0 spiro atoms. The van der Waals surface area contributed by atoms with E-state index in [1.807, 2.05) is 22.4 Å². The number of thiophene rings is 1. The summed E-state index contributed by atoms with van der Waals surface area (Å²) in [5.41, 5.74) is 0. The molecule has 1 aliphatic rings. The van der Waals surface area contributed by atoms with Gasteiger partial charge in [-0.25, -0.2) is 0 Å². The quantitative estimate of drug-likeness (QED) is 0.781. The summed E-state index contributed by atoms with van der Waals surface area (Å²) in [6, 6.07) is 3.94.